The quantitative estimate of drug-likeness (QED) is 0.810. The van der Waals surface area contributed by atoms with Crippen LogP contribution in [0, 0.1) is 5.92 Å². The first kappa shape index (κ1) is 13.3. The summed E-state index contributed by atoms with van der Waals surface area (Å²) in [6, 6.07) is 9.66. The molecule has 0 atom stereocenters. The number of likely N-dealkylation sites (tertiary alicyclic amines) is 1. The fourth-order valence-electron chi connectivity index (χ4n) is 2.11. The molecule has 2 rings (SSSR count). The van der Waals surface area contributed by atoms with E-state index in [1.165, 1.54) is 6.08 Å². The Morgan fingerprint density at radius 1 is 1.37 bits per heavy atom. The van der Waals surface area contributed by atoms with E-state index in [1.807, 2.05) is 30.3 Å². The van der Waals surface area contributed by atoms with Crippen LogP contribution in [0.15, 0.2) is 43.0 Å². The van der Waals surface area contributed by atoms with E-state index >= 15 is 0 Å². The van der Waals surface area contributed by atoms with E-state index in [-0.39, 0.29) is 13.2 Å². The van der Waals surface area contributed by atoms with Crippen LogP contribution in [0.25, 0.3) is 0 Å². The van der Waals surface area contributed by atoms with Gasteiger partial charge in [0.15, 0.2) is 0 Å². The first-order valence-corrected chi connectivity index (χ1v) is 6.41. The minimum absolute atomic E-state index is 0. The van der Waals surface area contributed by atoms with Gasteiger partial charge in [-0.25, -0.2) is 0 Å². The van der Waals surface area contributed by atoms with E-state index < -0.39 is 0 Å². The lowest BCUT2D eigenvalue weighted by Gasteiger charge is -2.38. The first-order valence-electron chi connectivity index (χ1n) is 6.41. The summed E-state index contributed by atoms with van der Waals surface area (Å²) in [6.07, 6.45) is 1.73. The maximum Gasteiger partial charge on any atom is 0.245 e. The van der Waals surface area contributed by atoms with Gasteiger partial charge in [-0.15, -0.1) is 0 Å². The highest BCUT2D eigenvalue weighted by Gasteiger charge is 2.29. The van der Waals surface area contributed by atoms with Crippen LogP contribution in [-0.2, 0) is 16.0 Å². The molecule has 1 fully saturated rings. The average Bonchev–Trinajstić information content (AvgIpc) is 2.37. The van der Waals surface area contributed by atoms with Crippen LogP contribution >= 0.6 is 0 Å². The monoisotopic (exact) mass is 260 g/mol. The smallest absolute Gasteiger partial charge is 0.245 e. The van der Waals surface area contributed by atoms with Gasteiger partial charge in [0.25, 0.3) is 0 Å². The van der Waals surface area contributed by atoms with Crippen molar-refractivity contribution in [3.8, 4) is 0 Å². The molecule has 19 heavy (non-hydrogen) atoms. The standard InChI is InChI=1S/C15H18N2O2.H2/c1-2-15(19)17-10-13(11-17)9-16-14(18)8-12-6-4-3-5-7-12;/h2-7,13H,1,8-11H2,(H,16,18);1H. The van der Waals surface area contributed by atoms with Gasteiger partial charge >= 0.3 is 0 Å². The zero-order valence-corrected chi connectivity index (χ0v) is 10.8. The van der Waals surface area contributed by atoms with Gasteiger partial charge in [-0.05, 0) is 11.6 Å². The number of amides is 2. The maximum atomic E-state index is 11.7. The first-order chi connectivity index (χ1) is 9.19. The van der Waals surface area contributed by atoms with Gasteiger partial charge in [-0.3, -0.25) is 9.59 Å². The molecule has 1 heterocycles. The Kier molecular flexibility index (Phi) is 4.34. The van der Waals surface area contributed by atoms with Gasteiger partial charge in [-0.2, -0.15) is 0 Å². The second-order valence-corrected chi connectivity index (χ2v) is 4.78. The highest BCUT2D eigenvalue weighted by Crippen LogP contribution is 2.14. The molecule has 1 aromatic carbocycles. The van der Waals surface area contributed by atoms with Gasteiger partial charge in [-0.1, -0.05) is 36.9 Å². The highest BCUT2D eigenvalue weighted by molar-refractivity contribution is 5.87. The molecule has 1 aromatic rings. The minimum atomic E-state index is -0.0353. The second kappa shape index (κ2) is 6.18. The molecular weight excluding hydrogens is 240 g/mol. The number of nitrogens with zero attached hydrogens (tertiary/aromatic N) is 1. The zero-order chi connectivity index (χ0) is 13.7. The molecule has 102 valence electrons. The largest absolute Gasteiger partial charge is 0.355 e. The SMILES string of the molecule is C=CC(=O)N1CC(CNC(=O)Cc2ccccc2)C1.[HH]. The van der Waals surface area contributed by atoms with Crippen molar-refractivity contribution in [2.75, 3.05) is 19.6 Å². The molecule has 0 spiro atoms. The topological polar surface area (TPSA) is 49.4 Å². The van der Waals surface area contributed by atoms with E-state index in [2.05, 4.69) is 11.9 Å². The van der Waals surface area contributed by atoms with Crippen LogP contribution in [-0.4, -0.2) is 36.3 Å². The summed E-state index contributed by atoms with van der Waals surface area (Å²) in [5.41, 5.74) is 1.01. The lowest BCUT2D eigenvalue weighted by atomic mass is 10.00. The molecule has 1 aliphatic heterocycles. The molecule has 1 N–H and O–H groups in total. The molecule has 4 nitrogen and oxygen atoms in total. The number of hydrogen-bond donors (Lipinski definition) is 1. The van der Waals surface area contributed by atoms with E-state index in [0.29, 0.717) is 32.0 Å². The van der Waals surface area contributed by atoms with Crippen molar-refractivity contribution < 1.29 is 11.0 Å². The number of nitrogens with one attached hydrogen (secondary N) is 1. The third kappa shape index (κ3) is 3.68. The van der Waals surface area contributed by atoms with Crippen molar-refractivity contribution in [2.24, 2.45) is 5.92 Å². The zero-order valence-electron chi connectivity index (χ0n) is 10.8. The second-order valence-electron chi connectivity index (χ2n) is 4.78. The van der Waals surface area contributed by atoms with Crippen molar-refractivity contribution >= 4 is 11.8 Å². The minimum Gasteiger partial charge on any atom is -0.355 e. The Bertz CT molecular complexity index is 470. The predicted molar refractivity (Wildman–Crippen MR) is 75.5 cm³/mol. The number of hydrogen-bond acceptors (Lipinski definition) is 2. The average molecular weight is 260 g/mol. The Morgan fingerprint density at radius 2 is 2.05 bits per heavy atom. The summed E-state index contributed by atoms with van der Waals surface area (Å²) in [7, 11) is 0. The fourth-order valence-corrected chi connectivity index (χ4v) is 2.11. The lowest BCUT2D eigenvalue weighted by Crippen LogP contribution is -2.53. The van der Waals surface area contributed by atoms with E-state index in [4.69, 9.17) is 0 Å². The Hall–Kier alpha value is -2.10. The van der Waals surface area contributed by atoms with Crippen molar-refractivity contribution in [3.05, 3.63) is 48.6 Å². The van der Waals surface area contributed by atoms with Crippen molar-refractivity contribution in [3.63, 3.8) is 0 Å². The third-order valence-electron chi connectivity index (χ3n) is 3.24. The van der Waals surface area contributed by atoms with Gasteiger partial charge < -0.3 is 10.2 Å². The normalized spacial score (nSPS) is 14.6. The molecule has 0 saturated carbocycles. The van der Waals surface area contributed by atoms with E-state index in [1.54, 1.807) is 4.90 Å². The summed E-state index contributed by atoms with van der Waals surface area (Å²) < 4.78 is 0. The summed E-state index contributed by atoms with van der Waals surface area (Å²) >= 11 is 0. The number of carbonyl (C=O) groups is 2. The lowest BCUT2D eigenvalue weighted by molar-refractivity contribution is -0.132. The van der Waals surface area contributed by atoms with Gasteiger partial charge in [0.2, 0.25) is 11.8 Å². The number of benzene rings is 1. The Balaban J connectivity index is 0.00000200. The van der Waals surface area contributed by atoms with Gasteiger partial charge in [0.05, 0.1) is 6.42 Å². The van der Waals surface area contributed by atoms with Crippen LogP contribution in [0.3, 0.4) is 0 Å². The highest BCUT2D eigenvalue weighted by atomic mass is 16.2. The summed E-state index contributed by atoms with van der Waals surface area (Å²) in [6.45, 7) is 5.49. The summed E-state index contributed by atoms with van der Waals surface area (Å²) in [5, 5.41) is 2.91. The van der Waals surface area contributed by atoms with Gasteiger partial charge in [0.1, 0.15) is 0 Å². The Morgan fingerprint density at radius 3 is 2.68 bits per heavy atom. The summed E-state index contributed by atoms with van der Waals surface area (Å²) in [5.74, 6) is 0.357. The number of rotatable bonds is 5. The van der Waals surface area contributed by atoms with Crippen LogP contribution in [0.2, 0.25) is 0 Å². The van der Waals surface area contributed by atoms with Crippen LogP contribution in [0.5, 0.6) is 0 Å². The molecule has 0 bridgehead atoms. The van der Waals surface area contributed by atoms with Crippen LogP contribution < -0.4 is 5.32 Å². The fraction of sp³-hybridized carbons (Fsp3) is 0.333. The van der Waals surface area contributed by atoms with Crippen molar-refractivity contribution in [2.45, 2.75) is 6.42 Å². The van der Waals surface area contributed by atoms with E-state index in [0.717, 1.165) is 5.56 Å². The molecule has 1 saturated heterocycles. The number of carbonyl (C=O) groups excluding carboxylic acids is 2. The van der Waals surface area contributed by atoms with Crippen molar-refractivity contribution in [1.82, 2.24) is 10.2 Å². The third-order valence-corrected chi connectivity index (χ3v) is 3.24. The molecule has 0 aromatic heterocycles. The maximum absolute atomic E-state index is 11.7. The molecule has 2 amide bonds. The molecule has 0 aliphatic carbocycles. The Labute approximate surface area is 114 Å². The van der Waals surface area contributed by atoms with E-state index in [9.17, 15) is 9.59 Å². The molecule has 4 heteroatoms. The molecular formula is C15H20N2O2. The predicted octanol–water partition coefficient (Wildman–Crippen LogP) is 1.24. The molecule has 1 aliphatic rings. The van der Waals surface area contributed by atoms with Gasteiger partial charge in [0, 0.05) is 27.0 Å². The molecule has 0 unspecified atom stereocenters. The van der Waals surface area contributed by atoms with Crippen LogP contribution in [0.4, 0.5) is 0 Å². The van der Waals surface area contributed by atoms with Crippen molar-refractivity contribution in [1.29, 1.82) is 0 Å². The summed E-state index contributed by atoms with van der Waals surface area (Å²) in [4.78, 5) is 24.7. The van der Waals surface area contributed by atoms with Crippen LogP contribution in [0.1, 0.15) is 6.99 Å². The molecule has 0 radical (unpaired) electrons.